The van der Waals surface area contributed by atoms with Crippen LogP contribution in [0.5, 0.6) is 11.5 Å². The number of hydrogen-bond donors (Lipinski definition) is 2. The molecule has 0 spiro atoms. The van der Waals surface area contributed by atoms with Crippen LogP contribution in [0.1, 0.15) is 31.8 Å². The molecule has 0 aliphatic heterocycles. The quantitative estimate of drug-likeness (QED) is 0.698. The van der Waals surface area contributed by atoms with Crippen LogP contribution in [0.4, 0.5) is 0 Å². The zero-order valence-electron chi connectivity index (χ0n) is 12.3. The molecule has 2 atom stereocenters. The third-order valence-electron chi connectivity index (χ3n) is 4.98. The van der Waals surface area contributed by atoms with Crippen LogP contribution in [-0.2, 0) is 12.8 Å². The summed E-state index contributed by atoms with van der Waals surface area (Å²) in [5.41, 5.74) is 1.61. The molecule has 4 nitrogen and oxygen atoms in total. The molecule has 6 heteroatoms. The molecule has 0 amide bonds. The second kappa shape index (κ2) is 5.23. The van der Waals surface area contributed by atoms with E-state index in [4.69, 9.17) is 23.2 Å². The minimum absolute atomic E-state index is 0.215. The van der Waals surface area contributed by atoms with E-state index in [1.54, 1.807) is 0 Å². The van der Waals surface area contributed by atoms with Gasteiger partial charge in [-0.05, 0) is 24.0 Å². The van der Waals surface area contributed by atoms with Crippen molar-refractivity contribution in [3.05, 3.63) is 56.6 Å². The lowest BCUT2D eigenvalue weighted by Gasteiger charge is -2.36. The molecule has 0 fully saturated rings. The Morgan fingerprint density at radius 3 is 1.54 bits per heavy atom. The van der Waals surface area contributed by atoms with Crippen LogP contribution in [0.25, 0.3) is 0 Å². The topological polar surface area (TPSA) is 74.6 Å². The number of ketones is 2. The average Bonchev–Trinajstić information content (AvgIpc) is 2.59. The van der Waals surface area contributed by atoms with Crippen LogP contribution < -0.4 is 0 Å². The van der Waals surface area contributed by atoms with E-state index in [0.717, 1.165) is 11.1 Å². The largest absolute Gasteiger partial charge is 0.506 e. The highest BCUT2D eigenvalue weighted by Crippen LogP contribution is 2.50. The molecule has 2 aromatic rings. The van der Waals surface area contributed by atoms with Gasteiger partial charge in [0.05, 0.1) is 11.1 Å². The second-order valence-corrected chi connectivity index (χ2v) is 6.95. The number of phenols is 2. The first kappa shape index (κ1) is 15.5. The monoisotopic (exact) mass is 362 g/mol. The Morgan fingerprint density at radius 2 is 1.17 bits per heavy atom. The predicted octanol–water partition coefficient (Wildman–Crippen LogP) is 3.81. The zero-order valence-corrected chi connectivity index (χ0v) is 13.9. The molecule has 2 N–H and O–H groups in total. The average molecular weight is 363 g/mol. The fourth-order valence-corrected chi connectivity index (χ4v) is 4.15. The van der Waals surface area contributed by atoms with E-state index in [1.165, 1.54) is 0 Å². The first-order valence-corrected chi connectivity index (χ1v) is 8.25. The minimum atomic E-state index is -0.567. The zero-order chi connectivity index (χ0) is 17.2. The Bertz CT molecular complexity index is 846. The molecule has 122 valence electrons. The van der Waals surface area contributed by atoms with Crippen molar-refractivity contribution in [2.45, 2.75) is 12.8 Å². The summed E-state index contributed by atoms with van der Waals surface area (Å²) in [6.07, 6.45) is 0.844. The Balaban J connectivity index is 1.93. The molecule has 0 saturated heterocycles. The third-order valence-corrected chi connectivity index (χ3v) is 5.81. The first-order chi connectivity index (χ1) is 11.4. The predicted molar refractivity (Wildman–Crippen MR) is 89.3 cm³/mol. The summed E-state index contributed by atoms with van der Waals surface area (Å²) in [6.45, 7) is 0. The molecule has 2 aliphatic carbocycles. The van der Waals surface area contributed by atoms with Crippen molar-refractivity contribution >= 4 is 34.8 Å². The number of phenolic OH excluding ortho intramolecular Hbond substituents is 2. The lowest BCUT2D eigenvalue weighted by Crippen LogP contribution is -2.41. The van der Waals surface area contributed by atoms with Crippen LogP contribution in [0, 0.1) is 11.8 Å². The lowest BCUT2D eigenvalue weighted by molar-refractivity contribution is 0.0715. The van der Waals surface area contributed by atoms with Gasteiger partial charge in [-0.1, -0.05) is 47.5 Å². The molecule has 0 saturated carbocycles. The number of benzene rings is 2. The maximum Gasteiger partial charge on any atom is 0.171 e. The van der Waals surface area contributed by atoms with Gasteiger partial charge >= 0.3 is 0 Å². The highest BCUT2D eigenvalue weighted by molar-refractivity contribution is 6.45. The number of rotatable bonds is 0. The van der Waals surface area contributed by atoms with Crippen LogP contribution in [0.3, 0.4) is 0 Å². The van der Waals surface area contributed by atoms with E-state index in [1.807, 2.05) is 24.3 Å². The van der Waals surface area contributed by atoms with Crippen molar-refractivity contribution in [1.82, 2.24) is 0 Å². The summed E-state index contributed by atoms with van der Waals surface area (Å²) in [4.78, 5) is 25.8. The molecule has 4 rings (SSSR count). The highest BCUT2D eigenvalue weighted by atomic mass is 35.5. The first-order valence-electron chi connectivity index (χ1n) is 7.50. The Hall–Kier alpha value is -2.04. The van der Waals surface area contributed by atoms with Gasteiger partial charge in [0.15, 0.2) is 11.6 Å². The Morgan fingerprint density at radius 1 is 0.792 bits per heavy atom. The summed E-state index contributed by atoms with van der Waals surface area (Å²) < 4.78 is 0. The summed E-state index contributed by atoms with van der Waals surface area (Å²) in [7, 11) is 0. The Kier molecular flexibility index (Phi) is 3.37. The molecular formula is C18H12Cl2O4. The maximum absolute atomic E-state index is 12.9. The number of fused-ring (bicyclic) bond motifs is 3. The molecule has 24 heavy (non-hydrogen) atoms. The van der Waals surface area contributed by atoms with Crippen LogP contribution in [0.15, 0.2) is 24.3 Å². The van der Waals surface area contributed by atoms with Gasteiger partial charge in [-0.25, -0.2) is 0 Å². The maximum atomic E-state index is 12.9. The molecule has 0 bridgehead atoms. The summed E-state index contributed by atoms with van der Waals surface area (Å²) in [6, 6.07) is 7.65. The number of halogens is 2. The Labute approximate surface area is 147 Å². The van der Waals surface area contributed by atoms with Gasteiger partial charge in [-0.2, -0.15) is 0 Å². The van der Waals surface area contributed by atoms with Gasteiger partial charge in [-0.15, -0.1) is 0 Å². The summed E-state index contributed by atoms with van der Waals surface area (Å²) >= 11 is 11.8. The third kappa shape index (κ3) is 1.93. The molecule has 2 aromatic carbocycles. The molecule has 0 radical (unpaired) electrons. The molecule has 0 unspecified atom stereocenters. The summed E-state index contributed by atoms with van der Waals surface area (Å²) in [5, 5.41) is 19.8. The molecule has 0 heterocycles. The normalized spacial score (nSPS) is 21.9. The van der Waals surface area contributed by atoms with Crippen molar-refractivity contribution in [2.24, 2.45) is 11.8 Å². The van der Waals surface area contributed by atoms with Gasteiger partial charge in [0, 0.05) is 11.8 Å². The van der Waals surface area contributed by atoms with Gasteiger partial charge < -0.3 is 10.2 Å². The van der Waals surface area contributed by atoms with Gasteiger partial charge in [0.1, 0.15) is 21.5 Å². The van der Waals surface area contributed by atoms with E-state index in [0.29, 0.717) is 12.8 Å². The lowest BCUT2D eigenvalue weighted by atomic mass is 9.65. The fraction of sp³-hybridized carbons (Fsp3) is 0.222. The molecule has 0 aromatic heterocycles. The van der Waals surface area contributed by atoms with Crippen molar-refractivity contribution in [2.75, 3.05) is 0 Å². The van der Waals surface area contributed by atoms with Gasteiger partial charge in [-0.3, -0.25) is 9.59 Å². The van der Waals surface area contributed by atoms with E-state index in [9.17, 15) is 19.8 Å². The number of carbonyl (C=O) groups excluding carboxylic acids is 2. The number of Topliss-reactive ketones (excluding diaryl/α,β-unsaturated/α-hetero) is 2. The van der Waals surface area contributed by atoms with E-state index in [-0.39, 0.29) is 32.7 Å². The van der Waals surface area contributed by atoms with Crippen LogP contribution in [-0.4, -0.2) is 21.8 Å². The van der Waals surface area contributed by atoms with E-state index < -0.39 is 23.3 Å². The van der Waals surface area contributed by atoms with E-state index in [2.05, 4.69) is 0 Å². The van der Waals surface area contributed by atoms with Gasteiger partial charge in [0.2, 0.25) is 0 Å². The summed E-state index contributed by atoms with van der Waals surface area (Å²) in [5.74, 6) is -2.97. The van der Waals surface area contributed by atoms with Crippen LogP contribution >= 0.6 is 23.2 Å². The number of aromatic hydroxyl groups is 2. The van der Waals surface area contributed by atoms with Crippen LogP contribution in [0.2, 0.25) is 10.0 Å². The highest BCUT2D eigenvalue weighted by Gasteiger charge is 2.47. The standard InChI is InChI=1S/C18H12Cl2O4/c19-13-14(20)18(24)12-11(17(13)23)15(21)9-5-7-3-1-2-4-8(7)6-10(9)16(12)22/h1-4,9-10,23-24H,5-6H2/t9-,10-/m1/s1. The minimum Gasteiger partial charge on any atom is -0.506 e. The second-order valence-electron chi connectivity index (χ2n) is 6.19. The molecule has 2 aliphatic rings. The smallest absolute Gasteiger partial charge is 0.171 e. The van der Waals surface area contributed by atoms with Crippen molar-refractivity contribution in [1.29, 1.82) is 0 Å². The SMILES string of the molecule is O=C1c2c(O)c(Cl)c(Cl)c(O)c2C(=O)[C@@H]2Cc3ccccc3C[C@@H]12. The number of carbonyl (C=O) groups is 2. The van der Waals surface area contributed by atoms with Crippen molar-refractivity contribution in [3.63, 3.8) is 0 Å². The number of hydrogen-bond acceptors (Lipinski definition) is 4. The van der Waals surface area contributed by atoms with Gasteiger partial charge in [0.25, 0.3) is 0 Å². The van der Waals surface area contributed by atoms with Crippen molar-refractivity contribution < 1.29 is 19.8 Å². The van der Waals surface area contributed by atoms with E-state index >= 15 is 0 Å². The fourth-order valence-electron chi connectivity index (χ4n) is 3.78. The molecular weight excluding hydrogens is 351 g/mol. The van der Waals surface area contributed by atoms with Crippen molar-refractivity contribution in [3.8, 4) is 11.5 Å².